The third-order valence-corrected chi connectivity index (χ3v) is 6.40. The second-order valence-corrected chi connectivity index (χ2v) is 9.14. The molecule has 5 rings (SSSR count). The number of hydrogen-bond donors (Lipinski definition) is 1. The number of ether oxygens (including phenoxy) is 3. The van der Waals surface area contributed by atoms with E-state index in [1.165, 1.54) is 13.2 Å². The second-order valence-electron chi connectivity index (χ2n) is 9.14. The number of alkyl halides is 2. The Kier molecular flexibility index (Phi) is 6.46. The number of fused-ring (bicyclic) bond motifs is 1. The Hall–Kier alpha value is -3.40. The molecule has 1 atom stereocenters. The number of carbonyl (C=O) groups is 1. The molecule has 186 valence electrons. The zero-order chi connectivity index (χ0) is 24.5. The highest BCUT2D eigenvalue weighted by Crippen LogP contribution is 2.37. The molecule has 3 aromatic rings. The van der Waals surface area contributed by atoms with Crippen LogP contribution in [0.5, 0.6) is 17.2 Å². The van der Waals surface area contributed by atoms with Crippen molar-refractivity contribution >= 4 is 11.6 Å². The first-order chi connectivity index (χ1) is 16.9. The van der Waals surface area contributed by atoms with Crippen LogP contribution >= 0.6 is 0 Å². The van der Waals surface area contributed by atoms with E-state index < -0.39 is 12.5 Å². The van der Waals surface area contributed by atoms with Gasteiger partial charge < -0.3 is 24.4 Å². The number of pyridine rings is 1. The molecule has 0 radical (unpaired) electrons. The first-order valence-electron chi connectivity index (χ1n) is 11.7. The summed E-state index contributed by atoms with van der Waals surface area (Å²) in [5, 5.41) is 2.81. The summed E-state index contributed by atoms with van der Waals surface area (Å²) in [4.78, 5) is 19.5. The summed E-state index contributed by atoms with van der Waals surface area (Å²) in [7, 11) is 3.50. The molecule has 1 amide bonds. The zero-order valence-corrected chi connectivity index (χ0v) is 19.7. The molecule has 1 N–H and O–H groups in total. The minimum Gasteiger partial charge on any atom is -0.496 e. The van der Waals surface area contributed by atoms with Crippen molar-refractivity contribution in [2.24, 2.45) is 5.92 Å². The summed E-state index contributed by atoms with van der Waals surface area (Å²) in [6.07, 6.45) is 6.30. The van der Waals surface area contributed by atoms with Crippen LogP contribution in [0.1, 0.15) is 29.6 Å². The molecular formula is C25H28F2N4O4. The predicted octanol–water partition coefficient (Wildman–Crippen LogP) is 3.83. The summed E-state index contributed by atoms with van der Waals surface area (Å²) in [6.45, 7) is -0.346. The lowest BCUT2D eigenvalue weighted by Gasteiger charge is -2.16. The van der Waals surface area contributed by atoms with E-state index in [1.807, 2.05) is 22.7 Å². The van der Waals surface area contributed by atoms with Crippen LogP contribution in [0.15, 0.2) is 36.7 Å². The Morgan fingerprint density at radius 3 is 2.71 bits per heavy atom. The van der Waals surface area contributed by atoms with Crippen LogP contribution < -0.4 is 19.5 Å². The summed E-state index contributed by atoms with van der Waals surface area (Å²) >= 11 is 0. The van der Waals surface area contributed by atoms with E-state index in [0.29, 0.717) is 29.4 Å². The predicted molar refractivity (Wildman–Crippen MR) is 125 cm³/mol. The molecule has 0 bridgehead atoms. The highest BCUT2D eigenvalue weighted by atomic mass is 19.3. The lowest BCUT2D eigenvalue weighted by Crippen LogP contribution is -2.26. The molecule has 8 nitrogen and oxygen atoms in total. The van der Waals surface area contributed by atoms with Gasteiger partial charge in [-0.3, -0.25) is 9.20 Å². The summed E-state index contributed by atoms with van der Waals surface area (Å²) in [6, 6.07) is 6.79. The third-order valence-electron chi connectivity index (χ3n) is 6.40. The van der Waals surface area contributed by atoms with E-state index in [0.717, 1.165) is 38.1 Å². The maximum Gasteiger partial charge on any atom is 0.387 e. The molecule has 10 heteroatoms. The first-order valence-corrected chi connectivity index (χ1v) is 11.7. The van der Waals surface area contributed by atoms with Crippen LogP contribution in [0.25, 0.3) is 16.9 Å². The highest BCUT2D eigenvalue weighted by molar-refractivity contribution is 6.01. The molecule has 0 spiro atoms. The number of aromatic nitrogens is 2. The number of rotatable bonds is 9. The zero-order valence-electron chi connectivity index (χ0n) is 19.7. The van der Waals surface area contributed by atoms with Crippen molar-refractivity contribution in [3.05, 3.63) is 42.2 Å². The van der Waals surface area contributed by atoms with Crippen LogP contribution in [0.3, 0.4) is 0 Å². The van der Waals surface area contributed by atoms with Crippen molar-refractivity contribution in [1.82, 2.24) is 19.6 Å². The second kappa shape index (κ2) is 9.69. The Bertz CT molecular complexity index is 1230. The average molecular weight is 487 g/mol. The molecule has 2 fully saturated rings. The van der Waals surface area contributed by atoms with Crippen LogP contribution in [0, 0.1) is 5.92 Å². The van der Waals surface area contributed by atoms with Gasteiger partial charge in [0.05, 0.1) is 25.6 Å². The number of methoxy groups -OCH3 is 1. The van der Waals surface area contributed by atoms with Crippen LogP contribution in [-0.2, 0) is 0 Å². The number of carbonyl (C=O) groups excluding carboxylic acids is 1. The van der Waals surface area contributed by atoms with Crippen molar-refractivity contribution in [3.63, 3.8) is 0 Å². The fourth-order valence-corrected chi connectivity index (χ4v) is 4.44. The van der Waals surface area contributed by atoms with Gasteiger partial charge in [0.2, 0.25) is 0 Å². The topological polar surface area (TPSA) is 77.3 Å². The fourth-order valence-electron chi connectivity index (χ4n) is 4.44. The summed E-state index contributed by atoms with van der Waals surface area (Å²) in [5.41, 5.74) is 1.75. The van der Waals surface area contributed by atoms with Gasteiger partial charge in [-0.05, 0) is 51.1 Å². The van der Waals surface area contributed by atoms with Gasteiger partial charge in [0.25, 0.3) is 5.91 Å². The Balaban J connectivity index is 1.44. The first kappa shape index (κ1) is 23.3. The largest absolute Gasteiger partial charge is 0.496 e. The van der Waals surface area contributed by atoms with Crippen molar-refractivity contribution in [2.45, 2.75) is 31.9 Å². The average Bonchev–Trinajstić information content (AvgIpc) is 3.38. The van der Waals surface area contributed by atoms with Gasteiger partial charge in [-0.2, -0.15) is 8.78 Å². The SMILES string of the molecule is COc1cc(-c2cnc3cc(OCC4CCN(C)C4)ccn23)cc(OC(F)F)c1C(=O)NC1CC1. The monoisotopic (exact) mass is 486 g/mol. The Morgan fingerprint density at radius 2 is 2.03 bits per heavy atom. The molecule has 2 aromatic heterocycles. The van der Waals surface area contributed by atoms with Crippen LogP contribution in [0.2, 0.25) is 0 Å². The van der Waals surface area contributed by atoms with Gasteiger partial charge in [-0.25, -0.2) is 4.98 Å². The van der Waals surface area contributed by atoms with E-state index >= 15 is 0 Å². The summed E-state index contributed by atoms with van der Waals surface area (Å²) < 4.78 is 44.4. The molecule has 35 heavy (non-hydrogen) atoms. The van der Waals surface area contributed by atoms with Crippen molar-refractivity contribution in [1.29, 1.82) is 0 Å². The van der Waals surface area contributed by atoms with Gasteiger partial charge in [0.1, 0.15) is 28.5 Å². The normalized spacial score (nSPS) is 18.3. The maximum atomic E-state index is 13.2. The van der Waals surface area contributed by atoms with Crippen molar-refractivity contribution < 1.29 is 27.8 Å². The number of imidazole rings is 1. The van der Waals surface area contributed by atoms with E-state index in [9.17, 15) is 13.6 Å². The fraction of sp³-hybridized carbons (Fsp3) is 0.440. The number of amides is 1. The minimum absolute atomic E-state index is 0.0504. The van der Waals surface area contributed by atoms with Gasteiger partial charge >= 0.3 is 6.61 Å². The van der Waals surface area contributed by atoms with Crippen LogP contribution in [-0.4, -0.2) is 66.7 Å². The van der Waals surface area contributed by atoms with Crippen LogP contribution in [0.4, 0.5) is 8.78 Å². The molecular weight excluding hydrogens is 458 g/mol. The maximum absolute atomic E-state index is 13.2. The molecule has 1 saturated carbocycles. The third kappa shape index (κ3) is 5.17. The van der Waals surface area contributed by atoms with Crippen molar-refractivity contribution in [2.75, 3.05) is 33.9 Å². The molecule has 1 unspecified atom stereocenters. The molecule has 1 aromatic carbocycles. The summed E-state index contributed by atoms with van der Waals surface area (Å²) in [5.74, 6) is 0.620. The van der Waals surface area contributed by atoms with Gasteiger partial charge in [-0.15, -0.1) is 0 Å². The molecule has 3 heterocycles. The van der Waals surface area contributed by atoms with E-state index in [-0.39, 0.29) is 23.1 Å². The minimum atomic E-state index is -3.09. The number of halogens is 2. The van der Waals surface area contributed by atoms with Crippen molar-refractivity contribution in [3.8, 4) is 28.5 Å². The van der Waals surface area contributed by atoms with E-state index in [4.69, 9.17) is 14.2 Å². The molecule has 1 aliphatic carbocycles. The molecule has 2 aliphatic rings. The Labute approximate surface area is 201 Å². The number of nitrogens with one attached hydrogen (secondary N) is 1. The quantitative estimate of drug-likeness (QED) is 0.495. The highest BCUT2D eigenvalue weighted by Gasteiger charge is 2.29. The number of nitrogens with zero attached hydrogens (tertiary/aromatic N) is 3. The number of benzene rings is 1. The van der Waals surface area contributed by atoms with Gasteiger partial charge in [0, 0.05) is 36.3 Å². The Morgan fingerprint density at radius 1 is 1.23 bits per heavy atom. The lowest BCUT2D eigenvalue weighted by atomic mass is 10.1. The molecule has 1 aliphatic heterocycles. The lowest BCUT2D eigenvalue weighted by molar-refractivity contribution is -0.0502. The number of hydrogen-bond acceptors (Lipinski definition) is 6. The van der Waals surface area contributed by atoms with E-state index in [2.05, 4.69) is 22.2 Å². The number of likely N-dealkylation sites (tertiary alicyclic amines) is 1. The van der Waals surface area contributed by atoms with Gasteiger partial charge in [0.15, 0.2) is 0 Å². The smallest absolute Gasteiger partial charge is 0.387 e. The molecule has 1 saturated heterocycles. The van der Waals surface area contributed by atoms with Gasteiger partial charge in [-0.1, -0.05) is 0 Å². The standard InChI is InChI=1S/C25H28F2N4O4/c1-30-7-5-15(13-30)14-34-18-6-8-31-19(12-28-22(31)11-18)16-9-20(33-2)23(21(10-16)35-25(26)27)24(32)29-17-3-4-17/h6,8-12,15,17,25H,3-5,7,13-14H2,1-2H3,(H,29,32). The van der Waals surface area contributed by atoms with E-state index in [1.54, 1.807) is 12.3 Å².